The molecule has 0 atom stereocenters. The highest BCUT2D eigenvalue weighted by Crippen LogP contribution is 2.25. The summed E-state index contributed by atoms with van der Waals surface area (Å²) in [5.41, 5.74) is 0.544. The predicted octanol–water partition coefficient (Wildman–Crippen LogP) is 2.66. The second-order valence-electron chi connectivity index (χ2n) is 4.09. The lowest BCUT2D eigenvalue weighted by molar-refractivity contribution is -0.131. The Morgan fingerprint density at radius 2 is 2.28 bits per heavy atom. The maximum absolute atomic E-state index is 11.8. The van der Waals surface area contributed by atoms with E-state index in [4.69, 9.17) is 11.6 Å². The monoisotopic (exact) mass is 330 g/mol. The van der Waals surface area contributed by atoms with Gasteiger partial charge in [-0.3, -0.25) is 9.59 Å². The fourth-order valence-corrected chi connectivity index (χ4v) is 2.35. The standard InChI is InChI=1S/C12H12BrClN2O2/c13-8-3-4-9(14)10(6-8)15-11(17)7-16-5-1-2-12(16)18/h3-4,6H,1-2,5,7H2,(H,15,17). The van der Waals surface area contributed by atoms with Crippen molar-refractivity contribution < 1.29 is 9.59 Å². The third kappa shape index (κ3) is 3.23. The first-order valence-corrected chi connectivity index (χ1v) is 6.76. The third-order valence-electron chi connectivity index (χ3n) is 2.71. The average Bonchev–Trinajstić information content (AvgIpc) is 2.70. The fraction of sp³-hybridized carbons (Fsp3) is 0.333. The number of hydrogen-bond acceptors (Lipinski definition) is 2. The first-order valence-electron chi connectivity index (χ1n) is 5.59. The zero-order valence-corrected chi connectivity index (χ0v) is 11.9. The van der Waals surface area contributed by atoms with Gasteiger partial charge in [0.15, 0.2) is 0 Å². The van der Waals surface area contributed by atoms with Crippen LogP contribution in [-0.2, 0) is 9.59 Å². The lowest BCUT2D eigenvalue weighted by Crippen LogP contribution is -2.34. The minimum absolute atomic E-state index is 0.0329. The van der Waals surface area contributed by atoms with Gasteiger partial charge in [0.05, 0.1) is 17.3 Å². The van der Waals surface area contributed by atoms with E-state index in [-0.39, 0.29) is 18.4 Å². The Morgan fingerprint density at radius 3 is 2.94 bits per heavy atom. The highest BCUT2D eigenvalue weighted by Gasteiger charge is 2.22. The number of anilines is 1. The molecule has 0 unspecified atom stereocenters. The van der Waals surface area contributed by atoms with Gasteiger partial charge in [-0.2, -0.15) is 0 Å². The Morgan fingerprint density at radius 1 is 1.50 bits per heavy atom. The normalized spacial score (nSPS) is 15.0. The first kappa shape index (κ1) is 13.4. The van der Waals surface area contributed by atoms with Gasteiger partial charge in [0.2, 0.25) is 11.8 Å². The van der Waals surface area contributed by atoms with Crippen LogP contribution in [0.3, 0.4) is 0 Å². The summed E-state index contributed by atoms with van der Waals surface area (Å²) in [5.74, 6) is -0.198. The number of halogens is 2. The van der Waals surface area contributed by atoms with Crippen molar-refractivity contribution in [2.45, 2.75) is 12.8 Å². The summed E-state index contributed by atoms with van der Waals surface area (Å²) in [4.78, 5) is 24.8. The molecule has 2 rings (SSSR count). The molecule has 96 valence electrons. The molecule has 4 nitrogen and oxygen atoms in total. The highest BCUT2D eigenvalue weighted by molar-refractivity contribution is 9.10. The minimum atomic E-state index is -0.231. The Kier molecular flexibility index (Phi) is 4.24. The van der Waals surface area contributed by atoms with Crippen molar-refractivity contribution in [1.29, 1.82) is 0 Å². The number of hydrogen-bond donors (Lipinski definition) is 1. The van der Waals surface area contributed by atoms with Crippen molar-refractivity contribution in [3.8, 4) is 0 Å². The lowest BCUT2D eigenvalue weighted by Gasteiger charge is -2.15. The van der Waals surface area contributed by atoms with Crippen LogP contribution in [0.25, 0.3) is 0 Å². The van der Waals surface area contributed by atoms with Crippen LogP contribution in [-0.4, -0.2) is 29.8 Å². The molecule has 1 N–H and O–H groups in total. The minimum Gasteiger partial charge on any atom is -0.333 e. The summed E-state index contributed by atoms with van der Waals surface area (Å²) in [5, 5.41) is 3.18. The summed E-state index contributed by atoms with van der Waals surface area (Å²) in [6, 6.07) is 5.22. The van der Waals surface area contributed by atoms with Gasteiger partial charge in [-0.1, -0.05) is 27.5 Å². The van der Waals surface area contributed by atoms with Gasteiger partial charge in [-0.05, 0) is 24.6 Å². The molecule has 0 spiro atoms. The number of amides is 2. The molecule has 1 heterocycles. The first-order chi connectivity index (χ1) is 8.56. The maximum atomic E-state index is 11.8. The van der Waals surface area contributed by atoms with E-state index in [0.29, 0.717) is 23.7 Å². The van der Waals surface area contributed by atoms with E-state index in [0.717, 1.165) is 10.9 Å². The van der Waals surface area contributed by atoms with Crippen LogP contribution in [0.5, 0.6) is 0 Å². The van der Waals surface area contributed by atoms with Crippen molar-refractivity contribution in [2.75, 3.05) is 18.4 Å². The number of nitrogens with one attached hydrogen (secondary N) is 1. The van der Waals surface area contributed by atoms with Crippen LogP contribution in [0.1, 0.15) is 12.8 Å². The molecule has 2 amide bonds. The molecule has 1 aromatic rings. The second kappa shape index (κ2) is 5.71. The zero-order chi connectivity index (χ0) is 13.1. The molecule has 18 heavy (non-hydrogen) atoms. The summed E-state index contributed by atoms with van der Waals surface area (Å²) in [6.07, 6.45) is 1.36. The number of carbonyl (C=O) groups is 2. The number of likely N-dealkylation sites (tertiary alicyclic amines) is 1. The molecule has 0 radical (unpaired) electrons. The van der Waals surface area contributed by atoms with Crippen molar-refractivity contribution in [1.82, 2.24) is 4.90 Å². The van der Waals surface area contributed by atoms with Gasteiger partial charge in [-0.25, -0.2) is 0 Å². The van der Waals surface area contributed by atoms with Gasteiger partial charge < -0.3 is 10.2 Å². The molecular weight excluding hydrogens is 320 g/mol. The van der Waals surface area contributed by atoms with Crippen molar-refractivity contribution in [3.05, 3.63) is 27.7 Å². The SMILES string of the molecule is O=C(CN1CCCC1=O)Nc1cc(Br)ccc1Cl. The summed E-state index contributed by atoms with van der Waals surface area (Å²) in [7, 11) is 0. The Labute approximate surface area is 118 Å². The number of carbonyl (C=O) groups excluding carboxylic acids is 2. The van der Waals surface area contributed by atoms with Crippen LogP contribution in [0.15, 0.2) is 22.7 Å². The average molecular weight is 332 g/mol. The van der Waals surface area contributed by atoms with Gasteiger partial charge in [0, 0.05) is 17.4 Å². The molecule has 1 aliphatic heterocycles. The summed E-state index contributed by atoms with van der Waals surface area (Å²) >= 11 is 9.28. The second-order valence-corrected chi connectivity index (χ2v) is 5.41. The lowest BCUT2D eigenvalue weighted by atomic mass is 10.3. The fourth-order valence-electron chi connectivity index (χ4n) is 1.83. The molecule has 0 aliphatic carbocycles. The molecular formula is C12H12BrClN2O2. The van der Waals surface area contributed by atoms with Crippen LogP contribution < -0.4 is 5.32 Å². The molecule has 1 fully saturated rings. The largest absolute Gasteiger partial charge is 0.333 e. The van der Waals surface area contributed by atoms with Gasteiger partial charge in [0.1, 0.15) is 0 Å². The van der Waals surface area contributed by atoms with E-state index < -0.39 is 0 Å². The van der Waals surface area contributed by atoms with Crippen molar-refractivity contribution >= 4 is 45.0 Å². The Bertz CT molecular complexity index is 493. The van der Waals surface area contributed by atoms with E-state index in [1.165, 1.54) is 0 Å². The van der Waals surface area contributed by atoms with Crippen molar-refractivity contribution in [3.63, 3.8) is 0 Å². The maximum Gasteiger partial charge on any atom is 0.244 e. The number of rotatable bonds is 3. The third-order valence-corrected chi connectivity index (χ3v) is 3.53. The van der Waals surface area contributed by atoms with E-state index >= 15 is 0 Å². The van der Waals surface area contributed by atoms with E-state index in [1.54, 1.807) is 23.1 Å². The van der Waals surface area contributed by atoms with E-state index in [2.05, 4.69) is 21.2 Å². The van der Waals surface area contributed by atoms with Crippen LogP contribution in [0.4, 0.5) is 5.69 Å². The molecule has 6 heteroatoms. The van der Waals surface area contributed by atoms with Gasteiger partial charge >= 0.3 is 0 Å². The van der Waals surface area contributed by atoms with Crippen LogP contribution >= 0.6 is 27.5 Å². The topological polar surface area (TPSA) is 49.4 Å². The van der Waals surface area contributed by atoms with Gasteiger partial charge in [-0.15, -0.1) is 0 Å². The van der Waals surface area contributed by atoms with Crippen molar-refractivity contribution in [2.24, 2.45) is 0 Å². The molecule has 0 bridgehead atoms. The zero-order valence-electron chi connectivity index (χ0n) is 9.58. The molecule has 1 aromatic carbocycles. The van der Waals surface area contributed by atoms with Crippen LogP contribution in [0.2, 0.25) is 5.02 Å². The Balaban J connectivity index is 1.98. The van der Waals surface area contributed by atoms with Gasteiger partial charge in [0.25, 0.3) is 0 Å². The highest BCUT2D eigenvalue weighted by atomic mass is 79.9. The summed E-state index contributed by atoms with van der Waals surface area (Å²) < 4.78 is 0.833. The molecule has 1 aliphatic rings. The summed E-state index contributed by atoms with van der Waals surface area (Å²) in [6.45, 7) is 0.736. The smallest absolute Gasteiger partial charge is 0.244 e. The quantitative estimate of drug-likeness (QED) is 0.926. The molecule has 0 saturated carbocycles. The van der Waals surface area contributed by atoms with E-state index in [9.17, 15) is 9.59 Å². The molecule has 0 aromatic heterocycles. The Hall–Kier alpha value is -1.07. The number of benzene rings is 1. The van der Waals surface area contributed by atoms with Crippen LogP contribution in [0, 0.1) is 0 Å². The predicted molar refractivity (Wildman–Crippen MR) is 73.6 cm³/mol. The number of nitrogens with zero attached hydrogens (tertiary/aromatic N) is 1. The molecule has 1 saturated heterocycles. The van der Waals surface area contributed by atoms with E-state index in [1.807, 2.05) is 0 Å².